The molecule has 0 aliphatic rings. The predicted molar refractivity (Wildman–Crippen MR) is 263 cm³/mol. The average molecular weight is 1030 g/mol. The van der Waals surface area contributed by atoms with Crippen molar-refractivity contribution in [2.75, 3.05) is 49.6 Å². The second kappa shape index (κ2) is 34.3. The first-order valence-electron chi connectivity index (χ1n) is 24.4. The lowest BCUT2D eigenvalue weighted by atomic mass is 10.1. The van der Waals surface area contributed by atoms with Gasteiger partial charge >= 0.3 is 12.4 Å². The van der Waals surface area contributed by atoms with E-state index in [1.54, 1.807) is 48.5 Å². The molecular formula is C50H79F6O9PS2. The molecule has 0 amide bonds. The second-order valence-corrected chi connectivity index (χ2v) is 25.0. The van der Waals surface area contributed by atoms with Crippen LogP contribution in [0.1, 0.15) is 160 Å². The van der Waals surface area contributed by atoms with Gasteiger partial charge in [-0.1, -0.05) is 154 Å². The number of benzene rings is 2. The zero-order valence-electron chi connectivity index (χ0n) is 40.9. The van der Waals surface area contributed by atoms with Gasteiger partial charge in [-0.2, -0.15) is 26.3 Å². The van der Waals surface area contributed by atoms with Crippen molar-refractivity contribution in [3.05, 3.63) is 71.5 Å². The maximum absolute atomic E-state index is 13.1. The standard InChI is InChI=1S/C26H42F3O5PS.C24H37F3O4S/c1-4-5-6-7-8-9-10-11-12-13-21-36(31,32)22-20-33-24-17-14-23(15-18-24)16-19-25(26(27,28)29)34-35(2,3)30;1-2-3-4-5-6-7-8-9-10-11-19-32(29,30)20-18-31-22-15-12-21(13-16-22)14-17-23(28)24(25,26)27/h14-15,17-19H,4-13,16,20-22H2,1-3H3;12-13,15-16H,2-11,14,17-20H2,1H3/b25-19-;. The summed E-state index contributed by atoms with van der Waals surface area (Å²) in [5.41, 5.74) is 1.16. The number of carbonyl (C=O) groups excluding carboxylic acids is 1. The van der Waals surface area contributed by atoms with Crippen molar-refractivity contribution in [1.82, 2.24) is 0 Å². The van der Waals surface area contributed by atoms with Crippen LogP contribution < -0.4 is 9.47 Å². The third-order valence-corrected chi connectivity index (χ3v) is 14.9. The van der Waals surface area contributed by atoms with Gasteiger partial charge in [0.1, 0.15) is 24.7 Å². The first-order valence-corrected chi connectivity index (χ1v) is 30.6. The number of halogens is 6. The quantitative estimate of drug-likeness (QED) is 0.0281. The SMILES string of the molecule is CCCCCCCCCCCCS(=O)(=O)CCOc1ccc(C/C=C(\OP(C)(C)=O)C(F)(F)F)cc1.CCCCCCCCCCCCS(=O)(=O)CCOc1ccc(CCC(=O)C(F)(F)F)cc1. The Morgan fingerprint density at radius 1 is 0.529 bits per heavy atom. The Labute approximate surface area is 404 Å². The number of rotatable bonds is 37. The van der Waals surface area contributed by atoms with Gasteiger partial charge < -0.3 is 14.0 Å². The number of sulfone groups is 2. The van der Waals surface area contributed by atoms with Crippen LogP contribution >= 0.6 is 7.37 Å². The summed E-state index contributed by atoms with van der Waals surface area (Å²) in [6.07, 6.45) is 13.6. The monoisotopic (exact) mass is 1030 g/mol. The summed E-state index contributed by atoms with van der Waals surface area (Å²) in [6, 6.07) is 12.7. The number of unbranched alkanes of at least 4 members (excludes halogenated alkanes) is 18. The first kappa shape index (κ1) is 63.0. The van der Waals surface area contributed by atoms with E-state index in [1.807, 2.05) is 0 Å². The van der Waals surface area contributed by atoms with Crippen molar-refractivity contribution in [1.29, 1.82) is 0 Å². The minimum Gasteiger partial charge on any atom is -0.493 e. The average Bonchev–Trinajstić information content (AvgIpc) is 3.25. The molecule has 0 bridgehead atoms. The number of hydrogen-bond donors (Lipinski definition) is 0. The Morgan fingerprint density at radius 2 is 0.882 bits per heavy atom. The molecule has 68 heavy (non-hydrogen) atoms. The molecule has 0 aromatic heterocycles. The van der Waals surface area contributed by atoms with E-state index in [9.17, 15) is 52.5 Å². The van der Waals surface area contributed by atoms with Crippen LogP contribution in [0.3, 0.4) is 0 Å². The van der Waals surface area contributed by atoms with E-state index in [-0.39, 0.29) is 49.1 Å². The summed E-state index contributed by atoms with van der Waals surface area (Å²) in [6.45, 7) is 6.71. The van der Waals surface area contributed by atoms with Crippen LogP contribution in [-0.2, 0) is 46.4 Å². The highest BCUT2D eigenvalue weighted by Crippen LogP contribution is 2.44. The minimum atomic E-state index is -4.80. The Bertz CT molecular complexity index is 1950. The van der Waals surface area contributed by atoms with E-state index in [0.29, 0.717) is 35.5 Å². The molecule has 0 radical (unpaired) electrons. The summed E-state index contributed by atoms with van der Waals surface area (Å²) < 4.78 is 152. The summed E-state index contributed by atoms with van der Waals surface area (Å²) in [4.78, 5) is 10.9. The lowest BCUT2D eigenvalue weighted by molar-refractivity contribution is -0.171. The molecule has 0 aliphatic carbocycles. The van der Waals surface area contributed by atoms with E-state index in [4.69, 9.17) is 9.47 Å². The number of hydrogen-bond acceptors (Lipinski definition) is 9. The Hall–Kier alpha value is -3.04. The highest BCUT2D eigenvalue weighted by Gasteiger charge is 2.38. The van der Waals surface area contributed by atoms with Gasteiger partial charge in [-0.15, -0.1) is 0 Å². The summed E-state index contributed by atoms with van der Waals surface area (Å²) in [7, 11) is -9.71. The van der Waals surface area contributed by atoms with Gasteiger partial charge in [-0.05, 0) is 67.2 Å². The number of carbonyl (C=O) groups is 1. The maximum atomic E-state index is 13.1. The van der Waals surface area contributed by atoms with Gasteiger partial charge in [0, 0.05) is 19.8 Å². The number of Topliss-reactive ketones (excluding diaryl/α,β-unsaturated/α-hetero) is 1. The predicted octanol–water partition coefficient (Wildman–Crippen LogP) is 14.4. The topological polar surface area (TPSA) is 130 Å². The summed E-state index contributed by atoms with van der Waals surface area (Å²) in [5.74, 6) is -1.94. The third-order valence-electron chi connectivity index (χ3n) is 10.9. The molecule has 2 aromatic carbocycles. The van der Waals surface area contributed by atoms with Gasteiger partial charge in [-0.3, -0.25) is 9.36 Å². The van der Waals surface area contributed by atoms with Gasteiger partial charge in [0.25, 0.3) is 0 Å². The van der Waals surface area contributed by atoms with Crippen molar-refractivity contribution in [2.45, 2.75) is 174 Å². The second-order valence-electron chi connectivity index (χ2n) is 17.7. The van der Waals surface area contributed by atoms with Crippen LogP contribution in [0.15, 0.2) is 60.4 Å². The van der Waals surface area contributed by atoms with Crippen LogP contribution in [0.25, 0.3) is 0 Å². The number of ketones is 1. The Balaban J connectivity index is 0.000000685. The van der Waals surface area contributed by atoms with Crippen LogP contribution in [-0.4, -0.2) is 84.5 Å². The zero-order chi connectivity index (χ0) is 51.0. The van der Waals surface area contributed by atoms with E-state index < -0.39 is 57.4 Å². The molecule has 2 aromatic rings. The summed E-state index contributed by atoms with van der Waals surface area (Å²) in [5, 5.41) is 0. The molecule has 0 fully saturated rings. The van der Waals surface area contributed by atoms with Crippen molar-refractivity contribution in [3.8, 4) is 11.5 Å². The molecule has 0 saturated carbocycles. The van der Waals surface area contributed by atoms with Crippen molar-refractivity contribution >= 4 is 32.8 Å². The fourth-order valence-electron chi connectivity index (χ4n) is 6.92. The molecule has 0 saturated heterocycles. The highest BCUT2D eigenvalue weighted by molar-refractivity contribution is 7.91. The van der Waals surface area contributed by atoms with Gasteiger partial charge in [0.05, 0.1) is 23.0 Å². The number of alkyl halides is 6. The Kier molecular flexibility index (Phi) is 31.8. The smallest absolute Gasteiger partial charge is 0.449 e. The molecule has 0 aliphatic heterocycles. The van der Waals surface area contributed by atoms with Crippen molar-refractivity contribution in [2.24, 2.45) is 0 Å². The molecule has 9 nitrogen and oxygen atoms in total. The Morgan fingerprint density at radius 3 is 1.22 bits per heavy atom. The molecule has 0 N–H and O–H groups in total. The lowest BCUT2D eigenvalue weighted by Crippen LogP contribution is -2.22. The molecule has 2 rings (SSSR count). The molecule has 0 heterocycles. The fraction of sp³-hybridized carbons (Fsp3) is 0.700. The van der Waals surface area contributed by atoms with Crippen molar-refractivity contribution < 1.29 is 66.5 Å². The van der Waals surface area contributed by atoms with Crippen molar-refractivity contribution in [3.63, 3.8) is 0 Å². The van der Waals surface area contributed by atoms with E-state index in [0.717, 1.165) is 57.9 Å². The lowest BCUT2D eigenvalue weighted by Gasteiger charge is -2.16. The highest BCUT2D eigenvalue weighted by atomic mass is 32.2. The van der Waals surface area contributed by atoms with Crippen LogP contribution in [0.2, 0.25) is 0 Å². The summed E-state index contributed by atoms with van der Waals surface area (Å²) >= 11 is 0. The van der Waals surface area contributed by atoms with E-state index >= 15 is 0 Å². The number of allylic oxidation sites excluding steroid dienone is 2. The molecule has 0 unspecified atom stereocenters. The molecule has 18 heteroatoms. The first-order chi connectivity index (χ1) is 32.0. The van der Waals surface area contributed by atoms with Crippen LogP contribution in [0.5, 0.6) is 11.5 Å². The molecule has 392 valence electrons. The molecular weight excluding hydrogens is 954 g/mol. The van der Waals surface area contributed by atoms with Gasteiger partial charge in [0.15, 0.2) is 19.7 Å². The van der Waals surface area contributed by atoms with E-state index in [2.05, 4.69) is 18.4 Å². The molecule has 0 atom stereocenters. The largest absolute Gasteiger partial charge is 0.493 e. The molecule has 0 spiro atoms. The fourth-order valence-corrected chi connectivity index (χ4v) is 9.94. The maximum Gasteiger partial charge on any atom is 0.449 e. The normalized spacial score (nSPS) is 12.6. The third kappa shape index (κ3) is 34.3. The zero-order valence-corrected chi connectivity index (χ0v) is 43.4. The number of aryl methyl sites for hydroxylation is 1. The van der Waals surface area contributed by atoms with Gasteiger partial charge in [-0.25, -0.2) is 16.8 Å². The number of ether oxygens (including phenoxy) is 2. The minimum absolute atomic E-state index is 0.00808. The van der Waals surface area contributed by atoms with Crippen LogP contribution in [0, 0.1) is 0 Å². The van der Waals surface area contributed by atoms with Crippen LogP contribution in [0.4, 0.5) is 26.3 Å². The van der Waals surface area contributed by atoms with Gasteiger partial charge in [0.2, 0.25) is 18.9 Å². The van der Waals surface area contributed by atoms with E-state index in [1.165, 1.54) is 77.0 Å².